The monoisotopic (exact) mass is 154 g/mol. The molecule has 2 aliphatic heterocycles. The fourth-order valence-electron chi connectivity index (χ4n) is 2.78. The largest absolute Gasteiger partial charge is 0.378 e. The summed E-state index contributed by atoms with van der Waals surface area (Å²) >= 11 is 0. The van der Waals surface area contributed by atoms with Crippen molar-refractivity contribution >= 4 is 0 Å². The van der Waals surface area contributed by atoms with Gasteiger partial charge in [-0.25, -0.2) is 0 Å². The lowest BCUT2D eigenvalue weighted by atomic mass is 9.77. The van der Waals surface area contributed by atoms with Crippen LogP contribution in [0.15, 0.2) is 0 Å². The molecule has 0 aromatic rings. The maximum Gasteiger partial charge on any atom is 0.121 e. The van der Waals surface area contributed by atoms with Gasteiger partial charge in [0.2, 0.25) is 0 Å². The molecule has 11 heavy (non-hydrogen) atoms. The summed E-state index contributed by atoms with van der Waals surface area (Å²) in [5.41, 5.74) is 0.219. The van der Waals surface area contributed by atoms with Gasteiger partial charge < -0.3 is 9.47 Å². The fraction of sp³-hybridized carbons (Fsp3) is 1.00. The fourth-order valence-corrected chi connectivity index (χ4v) is 2.78. The van der Waals surface area contributed by atoms with Crippen molar-refractivity contribution in [2.75, 3.05) is 13.2 Å². The molecule has 2 heterocycles. The van der Waals surface area contributed by atoms with Gasteiger partial charge in [-0.3, -0.25) is 0 Å². The first-order chi connectivity index (χ1) is 5.42. The van der Waals surface area contributed by atoms with Gasteiger partial charge in [-0.15, -0.1) is 0 Å². The molecule has 2 unspecified atom stereocenters. The molecule has 2 saturated heterocycles. The quantitative estimate of drug-likeness (QED) is 0.491. The molecule has 3 atom stereocenters. The third-order valence-corrected chi connectivity index (χ3v) is 3.50. The van der Waals surface area contributed by atoms with Crippen molar-refractivity contribution in [1.82, 2.24) is 0 Å². The standard InChI is InChI=1S/C9H14O2/c1-2-7-4-5-10-6-9(7)8(3-1)11-9/h7-8H,1-6H2/t7?,8-,9?/m0/s1. The molecule has 62 valence electrons. The van der Waals surface area contributed by atoms with Crippen LogP contribution in [0.1, 0.15) is 25.7 Å². The smallest absolute Gasteiger partial charge is 0.121 e. The molecule has 1 saturated carbocycles. The van der Waals surface area contributed by atoms with Crippen LogP contribution >= 0.6 is 0 Å². The minimum absolute atomic E-state index is 0.219. The Morgan fingerprint density at radius 2 is 2.18 bits per heavy atom. The van der Waals surface area contributed by atoms with Crippen LogP contribution in [-0.4, -0.2) is 24.9 Å². The molecule has 0 bridgehead atoms. The first kappa shape index (κ1) is 6.44. The SMILES string of the molecule is C1CC2CCOCC23O[C@H]3C1. The van der Waals surface area contributed by atoms with Crippen LogP contribution in [-0.2, 0) is 9.47 Å². The van der Waals surface area contributed by atoms with Gasteiger partial charge in [-0.1, -0.05) is 6.42 Å². The predicted molar refractivity (Wildman–Crippen MR) is 40.4 cm³/mol. The third kappa shape index (κ3) is 0.744. The van der Waals surface area contributed by atoms with E-state index >= 15 is 0 Å². The molecule has 0 amide bonds. The van der Waals surface area contributed by atoms with Crippen molar-refractivity contribution in [2.24, 2.45) is 5.92 Å². The minimum atomic E-state index is 0.219. The number of ether oxygens (including phenoxy) is 2. The average Bonchev–Trinajstić information content (AvgIpc) is 2.75. The molecule has 1 spiro atoms. The Balaban J connectivity index is 1.84. The van der Waals surface area contributed by atoms with Crippen LogP contribution in [0.2, 0.25) is 0 Å². The van der Waals surface area contributed by atoms with E-state index in [0.717, 1.165) is 19.1 Å². The highest BCUT2D eigenvalue weighted by molar-refractivity contribution is 5.10. The summed E-state index contributed by atoms with van der Waals surface area (Å²) < 4.78 is 11.2. The summed E-state index contributed by atoms with van der Waals surface area (Å²) in [6, 6.07) is 0. The van der Waals surface area contributed by atoms with Crippen molar-refractivity contribution in [3.8, 4) is 0 Å². The van der Waals surface area contributed by atoms with E-state index in [0.29, 0.717) is 6.10 Å². The van der Waals surface area contributed by atoms with E-state index in [-0.39, 0.29) is 5.60 Å². The van der Waals surface area contributed by atoms with Crippen LogP contribution in [0.25, 0.3) is 0 Å². The molecule has 3 aliphatic rings. The molecule has 0 radical (unpaired) electrons. The Labute approximate surface area is 66.9 Å². The lowest BCUT2D eigenvalue weighted by molar-refractivity contribution is -0.00926. The second-order valence-electron chi connectivity index (χ2n) is 4.03. The highest BCUT2D eigenvalue weighted by Crippen LogP contribution is 2.54. The molecule has 1 aliphatic carbocycles. The molecule has 3 rings (SSSR count). The van der Waals surface area contributed by atoms with Gasteiger partial charge in [-0.2, -0.15) is 0 Å². The summed E-state index contributed by atoms with van der Waals surface area (Å²) in [6.45, 7) is 1.84. The van der Waals surface area contributed by atoms with Gasteiger partial charge in [-0.05, 0) is 25.2 Å². The lowest BCUT2D eigenvalue weighted by Gasteiger charge is -2.32. The van der Waals surface area contributed by atoms with Gasteiger partial charge in [0.15, 0.2) is 0 Å². The zero-order chi connectivity index (χ0) is 7.31. The van der Waals surface area contributed by atoms with E-state index in [4.69, 9.17) is 9.47 Å². The number of epoxide rings is 1. The molecule has 2 nitrogen and oxygen atoms in total. The Bertz CT molecular complexity index is 178. The van der Waals surface area contributed by atoms with Crippen molar-refractivity contribution in [3.63, 3.8) is 0 Å². The van der Waals surface area contributed by atoms with Crippen LogP contribution in [0.3, 0.4) is 0 Å². The minimum Gasteiger partial charge on any atom is -0.378 e. The second-order valence-corrected chi connectivity index (χ2v) is 4.03. The van der Waals surface area contributed by atoms with Crippen LogP contribution in [0.5, 0.6) is 0 Å². The van der Waals surface area contributed by atoms with E-state index in [2.05, 4.69) is 0 Å². The molecule has 2 heteroatoms. The van der Waals surface area contributed by atoms with Crippen molar-refractivity contribution in [1.29, 1.82) is 0 Å². The van der Waals surface area contributed by atoms with E-state index in [1.165, 1.54) is 25.7 Å². The molecular weight excluding hydrogens is 140 g/mol. The Morgan fingerprint density at radius 3 is 3.09 bits per heavy atom. The van der Waals surface area contributed by atoms with Crippen LogP contribution < -0.4 is 0 Å². The number of hydrogen-bond donors (Lipinski definition) is 0. The topological polar surface area (TPSA) is 21.8 Å². The van der Waals surface area contributed by atoms with Gasteiger partial charge >= 0.3 is 0 Å². The Hall–Kier alpha value is -0.0800. The van der Waals surface area contributed by atoms with Gasteiger partial charge in [0.25, 0.3) is 0 Å². The summed E-state index contributed by atoms with van der Waals surface area (Å²) in [6.07, 6.45) is 5.83. The van der Waals surface area contributed by atoms with E-state index < -0.39 is 0 Å². The summed E-state index contributed by atoms with van der Waals surface area (Å²) in [4.78, 5) is 0. The molecule has 0 N–H and O–H groups in total. The number of hydrogen-bond acceptors (Lipinski definition) is 2. The van der Waals surface area contributed by atoms with Crippen molar-refractivity contribution in [2.45, 2.75) is 37.4 Å². The van der Waals surface area contributed by atoms with E-state index in [1.807, 2.05) is 0 Å². The van der Waals surface area contributed by atoms with Crippen LogP contribution in [0, 0.1) is 5.92 Å². The first-order valence-corrected chi connectivity index (χ1v) is 4.67. The molecule has 3 fully saturated rings. The van der Waals surface area contributed by atoms with Crippen molar-refractivity contribution in [3.05, 3.63) is 0 Å². The summed E-state index contributed by atoms with van der Waals surface area (Å²) in [5.74, 6) is 0.829. The normalized spacial score (nSPS) is 54.5. The Kier molecular flexibility index (Phi) is 1.16. The van der Waals surface area contributed by atoms with Gasteiger partial charge in [0.05, 0.1) is 12.7 Å². The maximum atomic E-state index is 5.74. The average molecular weight is 154 g/mol. The van der Waals surface area contributed by atoms with E-state index in [9.17, 15) is 0 Å². The van der Waals surface area contributed by atoms with Gasteiger partial charge in [0.1, 0.15) is 5.60 Å². The van der Waals surface area contributed by atoms with Crippen LogP contribution in [0.4, 0.5) is 0 Å². The summed E-state index contributed by atoms with van der Waals surface area (Å²) in [5, 5.41) is 0. The summed E-state index contributed by atoms with van der Waals surface area (Å²) in [7, 11) is 0. The van der Waals surface area contributed by atoms with Crippen molar-refractivity contribution < 1.29 is 9.47 Å². The molecule has 0 aromatic heterocycles. The Morgan fingerprint density at radius 1 is 1.18 bits per heavy atom. The predicted octanol–water partition coefficient (Wildman–Crippen LogP) is 1.34. The third-order valence-electron chi connectivity index (χ3n) is 3.50. The molecule has 0 aromatic carbocycles. The highest BCUT2D eigenvalue weighted by Gasteiger charge is 2.63. The number of rotatable bonds is 0. The van der Waals surface area contributed by atoms with E-state index in [1.54, 1.807) is 0 Å². The van der Waals surface area contributed by atoms with Gasteiger partial charge in [0, 0.05) is 6.61 Å². The zero-order valence-electron chi connectivity index (χ0n) is 6.71. The lowest BCUT2D eigenvalue weighted by Crippen LogP contribution is -2.40. The first-order valence-electron chi connectivity index (χ1n) is 4.67. The molecular formula is C9H14O2. The second kappa shape index (κ2) is 1.99. The zero-order valence-corrected chi connectivity index (χ0v) is 6.71. The maximum absolute atomic E-state index is 5.74. The highest BCUT2D eigenvalue weighted by atomic mass is 16.6.